The van der Waals surface area contributed by atoms with Gasteiger partial charge in [0.1, 0.15) is 18.5 Å². The zero-order valence-electron chi connectivity index (χ0n) is 22.9. The van der Waals surface area contributed by atoms with Crippen molar-refractivity contribution in [2.24, 2.45) is 11.7 Å². The summed E-state index contributed by atoms with van der Waals surface area (Å²) in [6.07, 6.45) is -0.360. The Hall–Kier alpha value is -3.29. The summed E-state index contributed by atoms with van der Waals surface area (Å²) in [5.74, 6) is -4.15. The normalized spacial score (nSPS) is 16.4. The molecule has 9 nitrogen and oxygen atoms in total. The summed E-state index contributed by atoms with van der Waals surface area (Å²) in [6, 6.07) is 6.85. The van der Waals surface area contributed by atoms with E-state index in [0.29, 0.717) is 24.1 Å². The third-order valence-electron chi connectivity index (χ3n) is 6.44. The summed E-state index contributed by atoms with van der Waals surface area (Å²) in [7, 11) is 0. The van der Waals surface area contributed by atoms with Gasteiger partial charge in [0.15, 0.2) is 17.0 Å². The van der Waals surface area contributed by atoms with Crippen LogP contribution in [0.15, 0.2) is 36.4 Å². The molecule has 3 rings (SSSR count). The molecule has 5 N–H and O–H groups in total. The minimum atomic E-state index is -1.30. The second kappa shape index (κ2) is 15.1. The predicted octanol–water partition coefficient (Wildman–Crippen LogP) is 2.55. The van der Waals surface area contributed by atoms with Gasteiger partial charge in [0, 0.05) is 43.1 Å². The number of amides is 2. The number of ether oxygens (including phenoxy) is 1. The zero-order chi connectivity index (χ0) is 30.1. The number of carbonyl (C=O) groups is 3. The van der Waals surface area contributed by atoms with Crippen molar-refractivity contribution < 1.29 is 37.4 Å². The molecule has 2 unspecified atom stereocenters. The largest absolute Gasteiger partial charge is 0.462 e. The van der Waals surface area contributed by atoms with Crippen LogP contribution in [-0.2, 0) is 32.1 Å². The number of aliphatic hydroxyl groups is 1. The number of aliphatic hydroxyl groups excluding tert-OH is 1. The number of thioether (sulfide) groups is 1. The lowest BCUT2D eigenvalue weighted by molar-refractivity contribution is -0.146. The summed E-state index contributed by atoms with van der Waals surface area (Å²) >= 11 is 1.31. The van der Waals surface area contributed by atoms with Crippen molar-refractivity contribution in [3.05, 3.63) is 65.0 Å². The molecule has 2 aromatic rings. The highest BCUT2D eigenvalue weighted by Crippen LogP contribution is 2.26. The molecule has 0 aromatic heterocycles. The van der Waals surface area contributed by atoms with Gasteiger partial charge in [-0.2, -0.15) is 0 Å². The number of anilines is 1. The molecule has 224 valence electrons. The molecule has 41 heavy (non-hydrogen) atoms. The first-order valence-corrected chi connectivity index (χ1v) is 14.3. The third-order valence-corrected chi connectivity index (χ3v) is 7.65. The maximum absolute atomic E-state index is 14.0. The van der Waals surface area contributed by atoms with Crippen molar-refractivity contribution in [1.29, 1.82) is 0 Å². The average molecular weight is 597 g/mol. The molecule has 2 amide bonds. The number of nitrogens with zero attached hydrogens (tertiary/aromatic N) is 1. The first-order chi connectivity index (χ1) is 19.5. The second-order valence-electron chi connectivity index (χ2n) is 10.0. The van der Waals surface area contributed by atoms with E-state index in [1.807, 2.05) is 13.8 Å². The van der Waals surface area contributed by atoms with Gasteiger partial charge in [-0.3, -0.25) is 9.59 Å². The molecule has 13 heteroatoms. The predicted molar refractivity (Wildman–Crippen MR) is 149 cm³/mol. The summed E-state index contributed by atoms with van der Waals surface area (Å²) in [5, 5.41) is 14.1. The van der Waals surface area contributed by atoms with Gasteiger partial charge in [0.2, 0.25) is 5.91 Å². The number of hydrogen-bond donors (Lipinski definition) is 4. The number of rotatable bonds is 13. The van der Waals surface area contributed by atoms with Crippen LogP contribution in [0.5, 0.6) is 0 Å². The first-order valence-electron chi connectivity index (χ1n) is 13.2. The maximum Gasteiger partial charge on any atom is 0.328 e. The Kier molecular flexibility index (Phi) is 11.9. The molecule has 1 fully saturated rings. The molecule has 0 bridgehead atoms. The Morgan fingerprint density at radius 2 is 1.80 bits per heavy atom. The van der Waals surface area contributed by atoms with Gasteiger partial charge in [0.25, 0.3) is 5.91 Å². The van der Waals surface area contributed by atoms with E-state index < -0.39 is 46.8 Å². The quantitative estimate of drug-likeness (QED) is 0.205. The summed E-state index contributed by atoms with van der Waals surface area (Å²) in [4.78, 5) is 39.5. The number of halogens is 3. The van der Waals surface area contributed by atoms with Crippen molar-refractivity contribution in [1.82, 2.24) is 10.2 Å². The molecule has 1 aliphatic heterocycles. The standard InChI is InChI=1S/C28H35F3N4O5S/c1-16(2)25(28(39)40-9-8-36)34-20-5-3-17(4-6-20)15-33-26(38)27-35(7-10-41-27)24(37)13-19(32)11-18-12-22(30)23(31)14-21(18)29/h3-6,12,14,16,19,25,27,34,36H,7-11,13,15,32H2,1-2H3,(H,33,38)/t19?,25?,27-/m0/s1. The lowest BCUT2D eigenvalue weighted by atomic mass is 10.0. The molecule has 0 aliphatic carbocycles. The summed E-state index contributed by atoms with van der Waals surface area (Å²) in [6.45, 7) is 3.96. The van der Waals surface area contributed by atoms with Gasteiger partial charge >= 0.3 is 5.97 Å². The maximum atomic E-state index is 14.0. The van der Waals surface area contributed by atoms with Crippen molar-refractivity contribution in [2.45, 2.75) is 50.7 Å². The molecular formula is C28H35F3N4O5S. The summed E-state index contributed by atoms with van der Waals surface area (Å²) < 4.78 is 45.7. The van der Waals surface area contributed by atoms with Crippen molar-refractivity contribution in [3.63, 3.8) is 0 Å². The van der Waals surface area contributed by atoms with Crippen molar-refractivity contribution >= 4 is 35.2 Å². The Morgan fingerprint density at radius 3 is 2.46 bits per heavy atom. The lowest BCUT2D eigenvalue weighted by Crippen LogP contribution is -2.46. The van der Waals surface area contributed by atoms with Crippen LogP contribution in [0.1, 0.15) is 31.4 Å². The van der Waals surface area contributed by atoms with E-state index in [2.05, 4.69) is 10.6 Å². The molecular weight excluding hydrogens is 561 g/mol. The molecule has 0 radical (unpaired) electrons. The van der Waals surface area contributed by atoms with E-state index in [0.717, 1.165) is 11.6 Å². The fourth-order valence-corrected chi connectivity index (χ4v) is 5.43. The Balaban J connectivity index is 1.51. The van der Waals surface area contributed by atoms with E-state index in [9.17, 15) is 27.6 Å². The van der Waals surface area contributed by atoms with E-state index in [1.54, 1.807) is 24.3 Å². The van der Waals surface area contributed by atoms with Gasteiger partial charge < -0.3 is 31.1 Å². The van der Waals surface area contributed by atoms with Crippen LogP contribution in [0.25, 0.3) is 0 Å². The Labute approximate surface area is 241 Å². The molecule has 2 aromatic carbocycles. The molecule has 1 heterocycles. The van der Waals surface area contributed by atoms with E-state index in [4.69, 9.17) is 15.6 Å². The van der Waals surface area contributed by atoms with Crippen LogP contribution in [0, 0.1) is 23.4 Å². The average Bonchev–Trinajstić information content (AvgIpc) is 3.43. The zero-order valence-corrected chi connectivity index (χ0v) is 23.7. The number of carbonyl (C=O) groups excluding carboxylic acids is 3. The van der Waals surface area contributed by atoms with Crippen LogP contribution in [0.2, 0.25) is 0 Å². The monoisotopic (exact) mass is 596 g/mol. The number of hydrogen-bond acceptors (Lipinski definition) is 8. The fourth-order valence-electron chi connectivity index (χ4n) is 4.27. The minimum absolute atomic E-state index is 0.0589. The van der Waals surface area contributed by atoms with Crippen molar-refractivity contribution in [3.8, 4) is 0 Å². The van der Waals surface area contributed by atoms with Crippen LogP contribution < -0.4 is 16.4 Å². The number of benzene rings is 2. The van der Waals surface area contributed by atoms with Crippen LogP contribution >= 0.6 is 11.8 Å². The molecule has 0 spiro atoms. The number of nitrogens with two attached hydrogens (primary N) is 1. The van der Waals surface area contributed by atoms with Crippen molar-refractivity contribution in [2.75, 3.05) is 30.8 Å². The van der Waals surface area contributed by atoms with Gasteiger partial charge in [-0.1, -0.05) is 26.0 Å². The summed E-state index contributed by atoms with van der Waals surface area (Å²) in [5.41, 5.74) is 7.36. The third kappa shape index (κ3) is 9.10. The van der Waals surface area contributed by atoms with Crippen LogP contribution in [-0.4, -0.2) is 70.8 Å². The van der Waals surface area contributed by atoms with Gasteiger partial charge in [-0.15, -0.1) is 11.8 Å². The molecule has 3 atom stereocenters. The van der Waals surface area contributed by atoms with Crippen LogP contribution in [0.4, 0.5) is 18.9 Å². The topological polar surface area (TPSA) is 134 Å². The van der Waals surface area contributed by atoms with Gasteiger partial charge in [0.05, 0.1) is 6.61 Å². The van der Waals surface area contributed by atoms with Crippen LogP contribution in [0.3, 0.4) is 0 Å². The minimum Gasteiger partial charge on any atom is -0.462 e. The van der Waals surface area contributed by atoms with E-state index in [-0.39, 0.29) is 50.0 Å². The molecule has 1 saturated heterocycles. The van der Waals surface area contributed by atoms with Gasteiger partial charge in [-0.05, 0) is 41.7 Å². The Bertz CT molecular complexity index is 1220. The van der Waals surface area contributed by atoms with Gasteiger partial charge in [-0.25, -0.2) is 18.0 Å². The molecule has 1 aliphatic rings. The van der Waals surface area contributed by atoms with E-state index in [1.165, 1.54) is 16.7 Å². The SMILES string of the molecule is CC(C)C(Nc1ccc(CNC(=O)[C@@H]2SCCN2C(=O)CC(N)Cc2cc(F)c(F)cc2F)cc1)C(=O)OCCO. The highest BCUT2D eigenvalue weighted by Gasteiger charge is 2.35. The highest BCUT2D eigenvalue weighted by molar-refractivity contribution is 8.00. The second-order valence-corrected chi connectivity index (χ2v) is 11.2. The number of nitrogens with one attached hydrogen (secondary N) is 2. The Morgan fingerprint density at radius 1 is 1.12 bits per heavy atom. The smallest absolute Gasteiger partial charge is 0.328 e. The lowest BCUT2D eigenvalue weighted by Gasteiger charge is -2.24. The first kappa shape index (κ1) is 32.2. The fraction of sp³-hybridized carbons (Fsp3) is 0.464. The number of esters is 1. The van der Waals surface area contributed by atoms with E-state index >= 15 is 0 Å². The highest BCUT2D eigenvalue weighted by atomic mass is 32.2. The molecule has 0 saturated carbocycles.